The smallest absolute Gasteiger partial charge is 0.341 e. The fraction of sp³-hybridized carbons (Fsp3) is 0.500. The highest BCUT2D eigenvalue weighted by molar-refractivity contribution is 8.00. The molecule has 6 heteroatoms. The van der Waals surface area contributed by atoms with Crippen LogP contribution in [0.4, 0.5) is 5.69 Å². The van der Waals surface area contributed by atoms with Crippen LogP contribution in [0.15, 0.2) is 24.3 Å². The highest BCUT2D eigenvalue weighted by Gasteiger charge is 2.25. The lowest BCUT2D eigenvalue weighted by Crippen LogP contribution is -2.37. The number of carbonyl (C=O) groups is 2. The highest BCUT2D eigenvalue weighted by atomic mass is 32.2. The summed E-state index contributed by atoms with van der Waals surface area (Å²) in [5.74, 6) is 0.673. The molecule has 0 aliphatic heterocycles. The Morgan fingerprint density at radius 3 is 2.32 bits per heavy atom. The van der Waals surface area contributed by atoms with E-state index in [1.165, 1.54) is 0 Å². The van der Waals surface area contributed by atoms with E-state index < -0.39 is 5.97 Å². The first-order valence-corrected chi connectivity index (χ1v) is 8.25. The Morgan fingerprint density at radius 2 is 1.86 bits per heavy atom. The number of carboxylic acid groups (broad SMARTS) is 1. The Morgan fingerprint density at radius 1 is 1.27 bits per heavy atom. The number of hydrogen-bond donors (Lipinski definition) is 1. The quantitative estimate of drug-likeness (QED) is 0.796. The number of nitrogens with zero attached hydrogens (tertiary/aromatic N) is 1. The van der Waals surface area contributed by atoms with E-state index in [0.717, 1.165) is 11.4 Å². The lowest BCUT2D eigenvalue weighted by molar-refractivity contribution is -0.139. The number of aliphatic carboxylic acids is 1. The molecule has 0 saturated heterocycles. The largest absolute Gasteiger partial charge is 0.482 e. The molecule has 0 aromatic heterocycles. The Bertz CT molecular complexity index is 501. The summed E-state index contributed by atoms with van der Waals surface area (Å²) < 4.78 is 5.08. The van der Waals surface area contributed by atoms with E-state index in [2.05, 4.69) is 0 Å². The molecule has 0 spiro atoms. The third kappa shape index (κ3) is 5.26. The average molecular weight is 325 g/mol. The molecule has 22 heavy (non-hydrogen) atoms. The van der Waals surface area contributed by atoms with Gasteiger partial charge in [-0.15, -0.1) is 11.8 Å². The molecule has 1 N–H and O–H groups in total. The maximum absolute atomic E-state index is 12.6. The first kappa shape index (κ1) is 18.4. The Kier molecular flexibility index (Phi) is 7.24. The molecule has 0 bridgehead atoms. The number of hydrogen-bond acceptors (Lipinski definition) is 4. The maximum Gasteiger partial charge on any atom is 0.341 e. The molecule has 1 unspecified atom stereocenters. The van der Waals surface area contributed by atoms with Gasteiger partial charge in [0.1, 0.15) is 5.75 Å². The molecule has 0 radical (unpaired) electrons. The van der Waals surface area contributed by atoms with E-state index in [-0.39, 0.29) is 23.7 Å². The number of thioether (sulfide) groups is 1. The summed E-state index contributed by atoms with van der Waals surface area (Å²) in [4.78, 5) is 24.7. The summed E-state index contributed by atoms with van der Waals surface area (Å²) in [6.45, 7) is 5.75. The third-order valence-corrected chi connectivity index (χ3v) is 4.55. The van der Waals surface area contributed by atoms with Crippen molar-refractivity contribution in [3.05, 3.63) is 24.3 Å². The van der Waals surface area contributed by atoms with Gasteiger partial charge in [0.15, 0.2) is 6.61 Å². The minimum Gasteiger partial charge on any atom is -0.482 e. The van der Waals surface area contributed by atoms with Crippen LogP contribution in [0.25, 0.3) is 0 Å². The number of carbonyl (C=O) groups excluding carboxylic acids is 1. The Labute approximate surface area is 135 Å². The topological polar surface area (TPSA) is 66.8 Å². The van der Waals surface area contributed by atoms with Gasteiger partial charge in [0.25, 0.3) is 0 Å². The maximum atomic E-state index is 12.6. The van der Waals surface area contributed by atoms with Gasteiger partial charge in [-0.25, -0.2) is 4.79 Å². The number of ether oxygens (including phenoxy) is 1. The predicted octanol–water partition coefficient (Wildman–Crippen LogP) is 2.89. The SMILES string of the molecule is CCSC(C(=O)N(C)c1ccc(OCC(=O)O)cc1)C(C)C. The number of benzene rings is 1. The fourth-order valence-electron chi connectivity index (χ4n) is 1.96. The summed E-state index contributed by atoms with van der Waals surface area (Å²) in [5, 5.41) is 8.50. The zero-order chi connectivity index (χ0) is 16.7. The van der Waals surface area contributed by atoms with Crippen LogP contribution in [0.1, 0.15) is 20.8 Å². The van der Waals surface area contributed by atoms with Crippen LogP contribution in [0, 0.1) is 5.92 Å². The van der Waals surface area contributed by atoms with Gasteiger partial charge in [-0.3, -0.25) is 4.79 Å². The van der Waals surface area contributed by atoms with Gasteiger partial charge >= 0.3 is 5.97 Å². The molecular weight excluding hydrogens is 302 g/mol. The molecule has 5 nitrogen and oxygen atoms in total. The van der Waals surface area contributed by atoms with E-state index >= 15 is 0 Å². The van der Waals surface area contributed by atoms with Gasteiger partial charge in [0, 0.05) is 12.7 Å². The Balaban J connectivity index is 2.77. The summed E-state index contributed by atoms with van der Waals surface area (Å²) in [6, 6.07) is 6.84. The van der Waals surface area contributed by atoms with E-state index in [0.29, 0.717) is 5.75 Å². The molecule has 1 amide bonds. The Hall–Kier alpha value is -1.69. The first-order chi connectivity index (χ1) is 10.4. The predicted molar refractivity (Wildman–Crippen MR) is 89.7 cm³/mol. The van der Waals surface area contributed by atoms with Gasteiger partial charge in [-0.1, -0.05) is 20.8 Å². The van der Waals surface area contributed by atoms with Crippen molar-refractivity contribution in [1.82, 2.24) is 0 Å². The minimum absolute atomic E-state index is 0.0704. The van der Waals surface area contributed by atoms with Crippen molar-refractivity contribution < 1.29 is 19.4 Å². The van der Waals surface area contributed by atoms with Crippen LogP contribution in [0.5, 0.6) is 5.75 Å². The molecule has 1 rings (SSSR count). The fourth-order valence-corrected chi connectivity index (χ4v) is 3.00. The van der Waals surface area contributed by atoms with Crippen molar-refractivity contribution in [2.24, 2.45) is 5.92 Å². The highest BCUT2D eigenvalue weighted by Crippen LogP contribution is 2.25. The normalized spacial score (nSPS) is 12.0. The first-order valence-electron chi connectivity index (χ1n) is 7.20. The van der Waals surface area contributed by atoms with Crippen LogP contribution in [-0.4, -0.2) is 41.6 Å². The minimum atomic E-state index is -1.02. The van der Waals surface area contributed by atoms with E-state index in [1.54, 1.807) is 48.0 Å². The van der Waals surface area contributed by atoms with Crippen molar-refractivity contribution >= 4 is 29.3 Å². The number of amides is 1. The zero-order valence-electron chi connectivity index (χ0n) is 13.4. The molecule has 122 valence electrons. The number of carboxylic acids is 1. The van der Waals surface area contributed by atoms with Crippen molar-refractivity contribution in [3.8, 4) is 5.75 Å². The summed E-state index contributed by atoms with van der Waals surface area (Å²) in [7, 11) is 1.75. The molecule has 1 aromatic rings. The van der Waals surface area contributed by atoms with Crippen molar-refractivity contribution in [2.75, 3.05) is 24.3 Å². The lowest BCUT2D eigenvalue weighted by atomic mass is 10.1. The molecular formula is C16H23NO4S. The lowest BCUT2D eigenvalue weighted by Gasteiger charge is -2.25. The van der Waals surface area contributed by atoms with Crippen LogP contribution in [0.2, 0.25) is 0 Å². The second-order valence-electron chi connectivity index (χ2n) is 5.19. The van der Waals surface area contributed by atoms with E-state index in [1.807, 2.05) is 20.8 Å². The second kappa shape index (κ2) is 8.68. The van der Waals surface area contributed by atoms with Gasteiger partial charge in [0.2, 0.25) is 5.91 Å². The standard InChI is InChI=1S/C16H23NO4S/c1-5-22-15(11(2)3)16(20)17(4)12-6-8-13(9-7-12)21-10-14(18)19/h6-9,11,15H,5,10H2,1-4H3,(H,18,19). The molecule has 0 heterocycles. The molecule has 0 aliphatic rings. The number of rotatable bonds is 8. The van der Waals surface area contributed by atoms with E-state index in [9.17, 15) is 9.59 Å². The summed E-state index contributed by atoms with van der Waals surface area (Å²) >= 11 is 1.65. The van der Waals surface area contributed by atoms with Crippen LogP contribution in [0.3, 0.4) is 0 Å². The monoisotopic (exact) mass is 325 g/mol. The molecule has 0 aliphatic carbocycles. The van der Waals surface area contributed by atoms with Gasteiger partial charge in [-0.05, 0) is 35.9 Å². The number of anilines is 1. The van der Waals surface area contributed by atoms with Crippen molar-refractivity contribution in [2.45, 2.75) is 26.0 Å². The van der Waals surface area contributed by atoms with Gasteiger partial charge in [0.05, 0.1) is 5.25 Å². The van der Waals surface area contributed by atoms with Gasteiger partial charge in [-0.2, -0.15) is 0 Å². The molecule has 0 saturated carbocycles. The molecule has 1 atom stereocenters. The average Bonchev–Trinajstić information content (AvgIpc) is 2.49. The van der Waals surface area contributed by atoms with Crippen LogP contribution in [-0.2, 0) is 9.59 Å². The second-order valence-corrected chi connectivity index (χ2v) is 6.61. The molecule has 1 aromatic carbocycles. The summed E-state index contributed by atoms with van der Waals surface area (Å²) in [6.07, 6.45) is 0. The zero-order valence-corrected chi connectivity index (χ0v) is 14.2. The molecule has 0 fully saturated rings. The van der Waals surface area contributed by atoms with Crippen molar-refractivity contribution in [1.29, 1.82) is 0 Å². The van der Waals surface area contributed by atoms with Crippen LogP contribution < -0.4 is 9.64 Å². The van der Waals surface area contributed by atoms with E-state index in [4.69, 9.17) is 9.84 Å². The van der Waals surface area contributed by atoms with Crippen molar-refractivity contribution in [3.63, 3.8) is 0 Å². The van der Waals surface area contributed by atoms with Crippen LogP contribution >= 0.6 is 11.8 Å². The third-order valence-electron chi connectivity index (χ3n) is 3.11. The summed E-state index contributed by atoms with van der Waals surface area (Å²) in [5.41, 5.74) is 0.759. The van der Waals surface area contributed by atoms with Gasteiger partial charge < -0.3 is 14.7 Å².